The predicted octanol–water partition coefficient (Wildman–Crippen LogP) is 4.98. The summed E-state index contributed by atoms with van der Waals surface area (Å²) in [6.07, 6.45) is -1.54. The normalized spacial score (nSPS) is 11.4. The summed E-state index contributed by atoms with van der Waals surface area (Å²) in [5.41, 5.74) is 0.821. The maximum atomic E-state index is 13.1. The molecule has 0 saturated heterocycles. The van der Waals surface area contributed by atoms with E-state index in [0.717, 1.165) is 30.3 Å². The Kier molecular flexibility index (Phi) is 6.00. The number of anilines is 2. The van der Waals surface area contributed by atoms with E-state index in [2.05, 4.69) is 15.3 Å². The molecule has 1 aromatic carbocycles. The van der Waals surface area contributed by atoms with Crippen molar-refractivity contribution in [3.8, 4) is 5.88 Å². The standard InChI is InChI=1S/C17H20F3N3O/c1-3-5-10-24-15-13(17(18,19)20)11-21-16(23-15)22-14-9-7-6-8-12(14)4-2/h6-9,11H,3-5,10H2,1-2H3,(H,21,22,23). The molecular formula is C17H20F3N3O. The Morgan fingerprint density at radius 1 is 1.17 bits per heavy atom. The number of unbranched alkanes of at least 4 members (excludes halogenated alkanes) is 1. The SMILES string of the molecule is CCCCOc1nc(Nc2ccccc2CC)ncc1C(F)(F)F. The minimum Gasteiger partial charge on any atom is -0.477 e. The van der Waals surface area contributed by atoms with E-state index in [1.54, 1.807) is 0 Å². The summed E-state index contributed by atoms with van der Waals surface area (Å²) in [4.78, 5) is 7.70. The Hall–Kier alpha value is -2.31. The molecule has 1 aromatic heterocycles. The average Bonchev–Trinajstić information content (AvgIpc) is 2.55. The third kappa shape index (κ3) is 4.59. The van der Waals surface area contributed by atoms with Crippen molar-refractivity contribution in [3.05, 3.63) is 41.6 Å². The van der Waals surface area contributed by atoms with Gasteiger partial charge >= 0.3 is 6.18 Å². The highest BCUT2D eigenvalue weighted by molar-refractivity contribution is 5.58. The molecule has 0 radical (unpaired) electrons. The Balaban J connectivity index is 2.29. The zero-order valence-electron chi connectivity index (χ0n) is 13.7. The van der Waals surface area contributed by atoms with Crippen molar-refractivity contribution in [1.29, 1.82) is 0 Å². The molecule has 4 nitrogen and oxygen atoms in total. The second kappa shape index (κ2) is 7.99. The van der Waals surface area contributed by atoms with E-state index < -0.39 is 17.6 Å². The van der Waals surface area contributed by atoms with E-state index in [9.17, 15) is 13.2 Å². The van der Waals surface area contributed by atoms with Crippen LogP contribution >= 0.6 is 0 Å². The van der Waals surface area contributed by atoms with Crippen LogP contribution in [0.15, 0.2) is 30.5 Å². The van der Waals surface area contributed by atoms with E-state index in [0.29, 0.717) is 6.42 Å². The first-order valence-electron chi connectivity index (χ1n) is 7.87. The van der Waals surface area contributed by atoms with Crippen molar-refractivity contribution in [2.75, 3.05) is 11.9 Å². The van der Waals surface area contributed by atoms with Crippen molar-refractivity contribution < 1.29 is 17.9 Å². The second-order valence-corrected chi connectivity index (χ2v) is 5.25. The van der Waals surface area contributed by atoms with E-state index >= 15 is 0 Å². The summed E-state index contributed by atoms with van der Waals surface area (Å²) in [6.45, 7) is 4.11. The van der Waals surface area contributed by atoms with Gasteiger partial charge in [-0.15, -0.1) is 0 Å². The van der Waals surface area contributed by atoms with Gasteiger partial charge in [0.1, 0.15) is 5.56 Å². The van der Waals surface area contributed by atoms with Crippen LogP contribution in [0.2, 0.25) is 0 Å². The molecule has 0 aliphatic carbocycles. The van der Waals surface area contributed by atoms with Crippen molar-refractivity contribution in [2.24, 2.45) is 0 Å². The first-order valence-corrected chi connectivity index (χ1v) is 7.87. The quantitative estimate of drug-likeness (QED) is 0.723. The van der Waals surface area contributed by atoms with Crippen molar-refractivity contribution in [2.45, 2.75) is 39.3 Å². The number of rotatable bonds is 7. The predicted molar refractivity (Wildman–Crippen MR) is 86.5 cm³/mol. The molecule has 2 aromatic rings. The van der Waals surface area contributed by atoms with E-state index in [4.69, 9.17) is 4.74 Å². The van der Waals surface area contributed by atoms with E-state index in [1.165, 1.54) is 0 Å². The number of hydrogen-bond acceptors (Lipinski definition) is 4. The minimum atomic E-state index is -4.55. The van der Waals surface area contributed by atoms with Crippen molar-refractivity contribution >= 4 is 11.6 Å². The summed E-state index contributed by atoms with van der Waals surface area (Å²) < 4.78 is 44.4. The first kappa shape index (κ1) is 18.0. The van der Waals surface area contributed by atoms with E-state index in [1.807, 2.05) is 38.1 Å². The van der Waals surface area contributed by atoms with Gasteiger partial charge in [-0.05, 0) is 24.5 Å². The van der Waals surface area contributed by atoms with Crippen molar-refractivity contribution in [1.82, 2.24) is 9.97 Å². The van der Waals surface area contributed by atoms with Crippen LogP contribution in [-0.4, -0.2) is 16.6 Å². The molecule has 1 N–H and O–H groups in total. The first-order chi connectivity index (χ1) is 11.5. The molecule has 7 heteroatoms. The number of hydrogen-bond donors (Lipinski definition) is 1. The highest BCUT2D eigenvalue weighted by Crippen LogP contribution is 2.35. The maximum Gasteiger partial charge on any atom is 0.423 e. The van der Waals surface area contributed by atoms with Crippen LogP contribution in [0.5, 0.6) is 5.88 Å². The van der Waals surface area contributed by atoms with Crippen LogP contribution in [0.1, 0.15) is 37.8 Å². The number of para-hydroxylation sites is 1. The lowest BCUT2D eigenvalue weighted by Crippen LogP contribution is -2.13. The smallest absolute Gasteiger partial charge is 0.423 e. The molecule has 0 spiro atoms. The van der Waals surface area contributed by atoms with E-state index in [-0.39, 0.29) is 12.6 Å². The number of halogens is 3. The number of aryl methyl sites for hydroxylation is 1. The second-order valence-electron chi connectivity index (χ2n) is 5.25. The number of aromatic nitrogens is 2. The summed E-state index contributed by atoms with van der Waals surface area (Å²) in [7, 11) is 0. The zero-order chi connectivity index (χ0) is 17.6. The number of benzene rings is 1. The lowest BCUT2D eigenvalue weighted by atomic mass is 10.1. The van der Waals surface area contributed by atoms with Crippen LogP contribution in [0.3, 0.4) is 0 Å². The fraction of sp³-hybridized carbons (Fsp3) is 0.412. The van der Waals surface area contributed by atoms with Gasteiger partial charge in [-0.3, -0.25) is 0 Å². The van der Waals surface area contributed by atoms with Gasteiger partial charge in [0.25, 0.3) is 0 Å². The summed E-state index contributed by atoms with van der Waals surface area (Å²) in [5.74, 6) is -0.363. The number of ether oxygens (including phenoxy) is 1. The Morgan fingerprint density at radius 3 is 2.58 bits per heavy atom. The summed E-state index contributed by atoms with van der Waals surface area (Å²) >= 11 is 0. The van der Waals surface area contributed by atoms with Crippen LogP contribution in [0.25, 0.3) is 0 Å². The maximum absolute atomic E-state index is 13.1. The van der Waals surface area contributed by atoms with Crippen molar-refractivity contribution in [3.63, 3.8) is 0 Å². The molecule has 24 heavy (non-hydrogen) atoms. The van der Waals surface area contributed by atoms with Crippen LogP contribution < -0.4 is 10.1 Å². The van der Waals surface area contributed by atoms with Gasteiger partial charge in [0.15, 0.2) is 0 Å². The van der Waals surface area contributed by atoms with Gasteiger partial charge in [-0.2, -0.15) is 18.2 Å². The van der Waals surface area contributed by atoms with Crippen LogP contribution in [0.4, 0.5) is 24.8 Å². The van der Waals surface area contributed by atoms with Gasteiger partial charge < -0.3 is 10.1 Å². The molecule has 1 heterocycles. The third-order valence-corrected chi connectivity index (χ3v) is 3.44. The molecule has 0 atom stereocenters. The molecular weight excluding hydrogens is 319 g/mol. The molecule has 0 bridgehead atoms. The largest absolute Gasteiger partial charge is 0.477 e. The molecule has 2 rings (SSSR count). The third-order valence-electron chi connectivity index (χ3n) is 3.44. The van der Waals surface area contributed by atoms with Gasteiger partial charge in [0, 0.05) is 11.9 Å². The Bertz CT molecular complexity index is 674. The lowest BCUT2D eigenvalue weighted by Gasteiger charge is -2.15. The van der Waals surface area contributed by atoms with Crippen LogP contribution in [0, 0.1) is 0 Å². The molecule has 0 aliphatic heterocycles. The number of nitrogens with zero attached hydrogens (tertiary/aromatic N) is 2. The molecule has 0 saturated carbocycles. The Morgan fingerprint density at radius 2 is 1.92 bits per heavy atom. The highest BCUT2D eigenvalue weighted by Gasteiger charge is 2.36. The Labute approximate surface area is 139 Å². The molecule has 0 amide bonds. The highest BCUT2D eigenvalue weighted by atomic mass is 19.4. The molecule has 0 aliphatic rings. The van der Waals surface area contributed by atoms with Crippen LogP contribution in [-0.2, 0) is 12.6 Å². The number of alkyl halides is 3. The average molecular weight is 339 g/mol. The monoisotopic (exact) mass is 339 g/mol. The molecule has 130 valence electrons. The zero-order valence-corrected chi connectivity index (χ0v) is 13.7. The fourth-order valence-electron chi connectivity index (χ4n) is 2.12. The number of nitrogens with one attached hydrogen (secondary N) is 1. The summed E-state index contributed by atoms with van der Waals surface area (Å²) in [5, 5.41) is 2.96. The fourth-order valence-corrected chi connectivity index (χ4v) is 2.12. The molecule has 0 fully saturated rings. The summed E-state index contributed by atoms with van der Waals surface area (Å²) in [6, 6.07) is 7.50. The van der Waals surface area contributed by atoms with Gasteiger partial charge in [-0.25, -0.2) is 4.98 Å². The van der Waals surface area contributed by atoms with Gasteiger partial charge in [-0.1, -0.05) is 38.5 Å². The van der Waals surface area contributed by atoms with Gasteiger partial charge in [0.2, 0.25) is 11.8 Å². The molecule has 0 unspecified atom stereocenters. The van der Waals surface area contributed by atoms with Gasteiger partial charge in [0.05, 0.1) is 6.61 Å². The lowest BCUT2D eigenvalue weighted by molar-refractivity contribution is -0.139. The minimum absolute atomic E-state index is 0.0791. The topological polar surface area (TPSA) is 47.0 Å².